The quantitative estimate of drug-likeness (QED) is 0.787. The largest absolute Gasteiger partial charge is 0.461 e. The third-order valence-electron chi connectivity index (χ3n) is 2.24. The van der Waals surface area contributed by atoms with E-state index in [4.69, 9.17) is 16.3 Å². The molecule has 0 aliphatic carbocycles. The second-order valence-corrected chi connectivity index (χ2v) is 3.73. The summed E-state index contributed by atoms with van der Waals surface area (Å²) in [5, 5.41) is 0.552. The molecule has 0 atom stereocenters. The average Bonchev–Trinajstić information content (AvgIpc) is 2.79. The molecule has 17 heavy (non-hydrogen) atoms. The molecule has 5 heteroatoms. The lowest BCUT2D eigenvalue weighted by Crippen LogP contribution is -2.10. The van der Waals surface area contributed by atoms with Crippen LogP contribution in [0.3, 0.4) is 0 Å². The lowest BCUT2D eigenvalue weighted by atomic mass is 10.3. The second-order valence-electron chi connectivity index (χ2n) is 3.32. The molecule has 0 bridgehead atoms. The molecule has 0 aliphatic rings. The number of carbonyl (C=O) groups excluding carboxylic acids is 1. The Bertz CT molecular complexity index is 537. The monoisotopic (exact) mass is 250 g/mol. The number of carbonyl (C=O) groups is 1. The summed E-state index contributed by atoms with van der Waals surface area (Å²) in [7, 11) is 0. The fourth-order valence-electron chi connectivity index (χ4n) is 1.49. The molecule has 1 aromatic heterocycles. The van der Waals surface area contributed by atoms with Gasteiger partial charge in [0, 0.05) is 0 Å². The number of ether oxygens (including phenoxy) is 1. The van der Waals surface area contributed by atoms with Crippen molar-refractivity contribution in [1.82, 2.24) is 9.55 Å². The van der Waals surface area contributed by atoms with Gasteiger partial charge in [-0.15, -0.1) is 0 Å². The summed E-state index contributed by atoms with van der Waals surface area (Å²) in [6, 6.07) is 7.24. The van der Waals surface area contributed by atoms with Crippen molar-refractivity contribution in [2.75, 3.05) is 6.61 Å². The number of hydrogen-bond acceptors (Lipinski definition) is 3. The zero-order chi connectivity index (χ0) is 12.3. The number of benzene rings is 1. The van der Waals surface area contributed by atoms with E-state index in [2.05, 4.69) is 4.98 Å². The Balaban J connectivity index is 2.44. The number of esters is 1. The van der Waals surface area contributed by atoms with E-state index in [-0.39, 0.29) is 0 Å². The van der Waals surface area contributed by atoms with Crippen molar-refractivity contribution < 1.29 is 9.53 Å². The van der Waals surface area contributed by atoms with E-state index in [0.717, 1.165) is 0 Å². The minimum Gasteiger partial charge on any atom is -0.461 e. The highest BCUT2D eigenvalue weighted by Gasteiger charge is 2.15. The molecule has 0 amide bonds. The first-order chi connectivity index (χ1) is 8.24. The molecule has 88 valence electrons. The van der Waals surface area contributed by atoms with Crippen LogP contribution >= 0.6 is 11.6 Å². The summed E-state index contributed by atoms with van der Waals surface area (Å²) in [5.74, 6) is -0.412. The highest BCUT2D eigenvalue weighted by Crippen LogP contribution is 2.21. The van der Waals surface area contributed by atoms with Crippen LogP contribution in [0.15, 0.2) is 36.8 Å². The number of aromatic nitrogens is 2. The maximum absolute atomic E-state index is 11.7. The summed E-state index contributed by atoms with van der Waals surface area (Å²) in [5.41, 5.74) is 1.06. The first-order valence-electron chi connectivity index (χ1n) is 5.18. The maximum Gasteiger partial charge on any atom is 0.356 e. The molecule has 2 aromatic rings. The highest BCUT2D eigenvalue weighted by molar-refractivity contribution is 6.32. The van der Waals surface area contributed by atoms with E-state index in [1.165, 1.54) is 12.5 Å². The minimum atomic E-state index is -0.412. The summed E-state index contributed by atoms with van der Waals surface area (Å²) in [4.78, 5) is 15.6. The minimum absolute atomic E-state index is 0.326. The van der Waals surface area contributed by atoms with E-state index < -0.39 is 5.97 Å². The molecule has 0 aliphatic heterocycles. The van der Waals surface area contributed by atoms with Crippen LogP contribution in [0.4, 0.5) is 0 Å². The van der Waals surface area contributed by atoms with Gasteiger partial charge in [-0.1, -0.05) is 23.7 Å². The van der Waals surface area contributed by atoms with Gasteiger partial charge in [0.1, 0.15) is 0 Å². The number of para-hydroxylation sites is 1. The van der Waals surface area contributed by atoms with Gasteiger partial charge in [-0.05, 0) is 19.1 Å². The van der Waals surface area contributed by atoms with Gasteiger partial charge in [0.05, 0.1) is 29.8 Å². The van der Waals surface area contributed by atoms with Crippen molar-refractivity contribution in [3.05, 3.63) is 47.5 Å². The number of halogens is 1. The molecule has 0 fully saturated rings. The molecular weight excluding hydrogens is 240 g/mol. The molecule has 4 nitrogen and oxygen atoms in total. The number of imidazole rings is 1. The van der Waals surface area contributed by atoms with Gasteiger partial charge in [0.25, 0.3) is 0 Å². The fraction of sp³-hybridized carbons (Fsp3) is 0.167. The maximum atomic E-state index is 11.7. The van der Waals surface area contributed by atoms with Crippen LogP contribution in [0.2, 0.25) is 5.02 Å². The fourth-order valence-corrected chi connectivity index (χ4v) is 1.72. The first-order valence-corrected chi connectivity index (χ1v) is 5.56. The summed E-state index contributed by atoms with van der Waals surface area (Å²) in [6.45, 7) is 2.08. The van der Waals surface area contributed by atoms with Gasteiger partial charge in [-0.25, -0.2) is 9.78 Å². The van der Waals surface area contributed by atoms with E-state index in [1.807, 2.05) is 18.2 Å². The normalized spacial score (nSPS) is 10.2. The Morgan fingerprint density at radius 3 is 2.94 bits per heavy atom. The second kappa shape index (κ2) is 5.01. The molecule has 0 radical (unpaired) electrons. The van der Waals surface area contributed by atoms with E-state index >= 15 is 0 Å². The lowest BCUT2D eigenvalue weighted by molar-refractivity contribution is 0.0517. The van der Waals surface area contributed by atoms with Crippen molar-refractivity contribution in [1.29, 1.82) is 0 Å². The SMILES string of the molecule is CCOC(=O)c1cncn1-c1ccccc1Cl. The van der Waals surface area contributed by atoms with Gasteiger partial charge >= 0.3 is 5.97 Å². The van der Waals surface area contributed by atoms with Crippen LogP contribution in [0.5, 0.6) is 0 Å². The zero-order valence-electron chi connectivity index (χ0n) is 9.26. The van der Waals surface area contributed by atoms with Gasteiger partial charge < -0.3 is 4.74 Å². The van der Waals surface area contributed by atoms with E-state index in [9.17, 15) is 4.79 Å². The van der Waals surface area contributed by atoms with Crippen molar-refractivity contribution in [2.45, 2.75) is 6.92 Å². The van der Waals surface area contributed by atoms with Crippen LogP contribution < -0.4 is 0 Å². The number of nitrogens with zero attached hydrogens (tertiary/aromatic N) is 2. The standard InChI is InChI=1S/C12H11ClN2O2/c1-2-17-12(16)11-7-14-8-15(11)10-6-4-3-5-9(10)13/h3-8H,2H2,1H3. The first kappa shape index (κ1) is 11.7. The number of rotatable bonds is 3. The van der Waals surface area contributed by atoms with Crippen molar-refractivity contribution in [2.24, 2.45) is 0 Å². The third kappa shape index (κ3) is 2.31. The molecule has 0 saturated heterocycles. The topological polar surface area (TPSA) is 44.1 Å². The molecule has 0 spiro atoms. The highest BCUT2D eigenvalue weighted by atomic mass is 35.5. The Hall–Kier alpha value is -1.81. The predicted octanol–water partition coefficient (Wildman–Crippen LogP) is 2.70. The Labute approximate surface area is 104 Å². The van der Waals surface area contributed by atoms with Crippen molar-refractivity contribution in [3.63, 3.8) is 0 Å². The molecule has 1 heterocycles. The van der Waals surface area contributed by atoms with Gasteiger partial charge in [-0.2, -0.15) is 0 Å². The zero-order valence-corrected chi connectivity index (χ0v) is 10.0. The van der Waals surface area contributed by atoms with Crippen molar-refractivity contribution in [3.8, 4) is 5.69 Å². The molecular formula is C12H11ClN2O2. The molecule has 0 N–H and O–H groups in total. The van der Waals surface area contributed by atoms with Crippen LogP contribution in [-0.4, -0.2) is 22.1 Å². The molecule has 0 unspecified atom stereocenters. The Kier molecular flexibility index (Phi) is 3.44. The summed E-state index contributed by atoms with van der Waals surface area (Å²) < 4.78 is 6.56. The summed E-state index contributed by atoms with van der Waals surface area (Å²) >= 11 is 6.07. The molecule has 0 saturated carbocycles. The molecule has 1 aromatic carbocycles. The molecule has 2 rings (SSSR count). The van der Waals surface area contributed by atoms with Crippen LogP contribution in [-0.2, 0) is 4.74 Å². The van der Waals surface area contributed by atoms with E-state index in [1.54, 1.807) is 17.6 Å². The number of hydrogen-bond donors (Lipinski definition) is 0. The van der Waals surface area contributed by atoms with Crippen LogP contribution in [0.25, 0.3) is 5.69 Å². The van der Waals surface area contributed by atoms with Gasteiger partial charge in [-0.3, -0.25) is 4.57 Å². The third-order valence-corrected chi connectivity index (χ3v) is 2.55. The van der Waals surface area contributed by atoms with Crippen LogP contribution in [0, 0.1) is 0 Å². The van der Waals surface area contributed by atoms with Crippen LogP contribution in [0.1, 0.15) is 17.4 Å². The van der Waals surface area contributed by atoms with Gasteiger partial charge in [0.2, 0.25) is 0 Å². The van der Waals surface area contributed by atoms with E-state index in [0.29, 0.717) is 23.0 Å². The Morgan fingerprint density at radius 2 is 2.24 bits per heavy atom. The lowest BCUT2D eigenvalue weighted by Gasteiger charge is -2.08. The summed E-state index contributed by atoms with van der Waals surface area (Å²) in [6.07, 6.45) is 2.99. The van der Waals surface area contributed by atoms with Crippen molar-refractivity contribution >= 4 is 17.6 Å². The average molecular weight is 251 g/mol. The van der Waals surface area contributed by atoms with Gasteiger partial charge in [0.15, 0.2) is 5.69 Å². The Morgan fingerprint density at radius 1 is 1.47 bits per heavy atom. The smallest absolute Gasteiger partial charge is 0.356 e. The predicted molar refractivity (Wildman–Crippen MR) is 64.5 cm³/mol.